The predicted molar refractivity (Wildman–Crippen MR) is 125 cm³/mol. The summed E-state index contributed by atoms with van der Waals surface area (Å²) in [7, 11) is -5.54. The van der Waals surface area contributed by atoms with Crippen LogP contribution in [0.25, 0.3) is 0 Å². The molecule has 11 nitrogen and oxygen atoms in total. The Morgan fingerprint density at radius 3 is 1.72 bits per heavy atom. The van der Waals surface area contributed by atoms with E-state index in [9.17, 15) is 30.0 Å². The number of sulfonamides is 1. The Balaban J connectivity index is 0.000000572. The van der Waals surface area contributed by atoms with Gasteiger partial charge in [0, 0.05) is 23.7 Å². The van der Waals surface area contributed by atoms with E-state index >= 15 is 0 Å². The molecule has 0 amide bonds. The van der Waals surface area contributed by atoms with E-state index < -0.39 is 32.0 Å². The maximum absolute atomic E-state index is 11.9. The van der Waals surface area contributed by atoms with Gasteiger partial charge >= 0.3 is 12.1 Å². The average Bonchev–Trinajstić information content (AvgIpc) is 2.79. The van der Waals surface area contributed by atoms with E-state index in [0.717, 1.165) is 6.26 Å². The van der Waals surface area contributed by atoms with E-state index in [-0.39, 0.29) is 9.79 Å². The molecule has 0 saturated heterocycles. The molecule has 0 aliphatic rings. The van der Waals surface area contributed by atoms with Crippen molar-refractivity contribution in [2.45, 2.75) is 16.0 Å². The number of nitrogens with one attached hydrogen (secondary N) is 3. The molecule has 1 aromatic heterocycles. The molecule has 2 aromatic carbocycles. The number of alkyl halides is 3. The summed E-state index contributed by atoms with van der Waals surface area (Å²) < 4.78 is 81.3. The van der Waals surface area contributed by atoms with Crippen LogP contribution in [-0.2, 0) is 24.7 Å². The number of sulfone groups is 1. The Bertz CT molecular complexity index is 1450. The molecule has 16 heteroatoms. The van der Waals surface area contributed by atoms with Crippen molar-refractivity contribution in [3.63, 3.8) is 0 Å². The summed E-state index contributed by atoms with van der Waals surface area (Å²) in [5, 5.41) is 13.2. The number of hydrogen-bond donors (Lipinski definition) is 4. The summed E-state index contributed by atoms with van der Waals surface area (Å²) in [4.78, 5) is 17.5. The van der Waals surface area contributed by atoms with Crippen LogP contribution in [0, 0.1) is 0 Å². The van der Waals surface area contributed by atoms with Crippen LogP contribution in [0.5, 0.6) is 0 Å². The number of carboxylic acids is 1. The minimum Gasteiger partial charge on any atom is -0.475 e. The minimum atomic E-state index is -5.08. The van der Waals surface area contributed by atoms with Crippen molar-refractivity contribution in [2.24, 2.45) is 0 Å². The number of halogens is 3. The van der Waals surface area contributed by atoms with Crippen LogP contribution in [0.2, 0.25) is 0 Å². The molecule has 3 rings (SSSR count). The van der Waals surface area contributed by atoms with Crippen molar-refractivity contribution in [3.05, 3.63) is 60.9 Å². The topological polar surface area (TPSA) is 167 Å². The van der Waals surface area contributed by atoms with Gasteiger partial charge in [0.05, 0.1) is 9.79 Å². The molecule has 36 heavy (non-hydrogen) atoms. The van der Waals surface area contributed by atoms with Crippen LogP contribution in [0.1, 0.15) is 0 Å². The van der Waals surface area contributed by atoms with Crippen LogP contribution in [-0.4, -0.2) is 57.4 Å². The molecule has 0 aliphatic heterocycles. The molecule has 0 spiro atoms. The molecule has 194 valence electrons. The molecule has 0 unspecified atom stereocenters. The number of aliphatic carboxylic acids is 1. The van der Waals surface area contributed by atoms with Crippen LogP contribution in [0.15, 0.2) is 70.7 Å². The van der Waals surface area contributed by atoms with Crippen LogP contribution < -0.4 is 15.4 Å². The quantitative estimate of drug-likeness (QED) is 0.345. The average molecular weight is 548 g/mol. The molecule has 3 aromatic rings. The fourth-order valence-corrected chi connectivity index (χ4v) is 3.90. The lowest BCUT2D eigenvalue weighted by Gasteiger charge is -2.10. The van der Waals surface area contributed by atoms with E-state index in [1.807, 2.05) is 0 Å². The maximum Gasteiger partial charge on any atom is 0.490 e. The summed E-state index contributed by atoms with van der Waals surface area (Å²) in [5.74, 6) is -1.89. The molecule has 0 radical (unpaired) electrons. The second kappa shape index (κ2) is 11.3. The molecule has 0 fully saturated rings. The molecular formula is C20H20F3N5O6S2. The van der Waals surface area contributed by atoms with Crippen LogP contribution >= 0.6 is 0 Å². The Hall–Kier alpha value is -3.76. The van der Waals surface area contributed by atoms with Crippen molar-refractivity contribution in [1.82, 2.24) is 14.7 Å². The zero-order valence-corrected chi connectivity index (χ0v) is 20.2. The van der Waals surface area contributed by atoms with Crippen LogP contribution in [0.3, 0.4) is 0 Å². The number of aromatic nitrogens is 2. The van der Waals surface area contributed by atoms with Crippen LogP contribution in [0.4, 0.5) is 36.2 Å². The number of nitrogens with zero attached hydrogens (tertiary/aromatic N) is 2. The number of rotatable bonds is 7. The van der Waals surface area contributed by atoms with E-state index in [1.165, 1.54) is 37.6 Å². The SMILES string of the molecule is CNS(=O)(=O)c1cccc(Nc2cc(Nc3cccc(S(C)(=O)=O)c3)ncn2)c1.O=C(O)C(F)(F)F. The highest BCUT2D eigenvalue weighted by atomic mass is 32.2. The molecule has 0 bridgehead atoms. The first kappa shape index (κ1) is 28.5. The highest BCUT2D eigenvalue weighted by Gasteiger charge is 2.38. The summed E-state index contributed by atoms with van der Waals surface area (Å²) >= 11 is 0. The number of carboxylic acid groups (broad SMARTS) is 1. The fraction of sp³-hybridized carbons (Fsp3) is 0.150. The van der Waals surface area contributed by atoms with Gasteiger partial charge in [-0.2, -0.15) is 13.2 Å². The van der Waals surface area contributed by atoms with E-state index in [2.05, 4.69) is 25.3 Å². The minimum absolute atomic E-state index is 0.120. The molecular weight excluding hydrogens is 527 g/mol. The van der Waals surface area contributed by atoms with Gasteiger partial charge in [0.15, 0.2) is 9.84 Å². The first-order valence-electron chi connectivity index (χ1n) is 9.62. The van der Waals surface area contributed by atoms with Gasteiger partial charge in [0.1, 0.15) is 18.0 Å². The largest absolute Gasteiger partial charge is 0.490 e. The maximum atomic E-state index is 11.9. The van der Waals surface area contributed by atoms with E-state index in [1.54, 1.807) is 30.3 Å². The van der Waals surface area contributed by atoms with Gasteiger partial charge < -0.3 is 15.7 Å². The number of benzene rings is 2. The Kier molecular flexibility index (Phi) is 8.95. The van der Waals surface area contributed by atoms with E-state index in [4.69, 9.17) is 9.90 Å². The number of hydrogen-bond acceptors (Lipinski definition) is 9. The van der Waals surface area contributed by atoms with Gasteiger partial charge in [-0.3, -0.25) is 0 Å². The van der Waals surface area contributed by atoms with Gasteiger partial charge in [0.25, 0.3) is 0 Å². The highest BCUT2D eigenvalue weighted by molar-refractivity contribution is 7.90. The normalized spacial score (nSPS) is 11.7. The van der Waals surface area contributed by atoms with Gasteiger partial charge in [-0.15, -0.1) is 0 Å². The third-order valence-corrected chi connectivity index (χ3v) is 6.65. The fourth-order valence-electron chi connectivity index (χ4n) is 2.45. The first-order chi connectivity index (χ1) is 16.6. The van der Waals surface area contributed by atoms with Gasteiger partial charge in [-0.25, -0.2) is 36.3 Å². The smallest absolute Gasteiger partial charge is 0.475 e. The Morgan fingerprint density at radius 1 is 0.861 bits per heavy atom. The Morgan fingerprint density at radius 2 is 1.31 bits per heavy atom. The third kappa shape index (κ3) is 8.47. The highest BCUT2D eigenvalue weighted by Crippen LogP contribution is 2.22. The lowest BCUT2D eigenvalue weighted by atomic mass is 10.3. The lowest BCUT2D eigenvalue weighted by molar-refractivity contribution is -0.192. The summed E-state index contributed by atoms with van der Waals surface area (Å²) in [6, 6.07) is 14.3. The second-order valence-electron chi connectivity index (χ2n) is 6.88. The lowest BCUT2D eigenvalue weighted by Crippen LogP contribution is -2.21. The van der Waals surface area contributed by atoms with Crippen molar-refractivity contribution in [1.29, 1.82) is 0 Å². The molecule has 0 saturated carbocycles. The van der Waals surface area contributed by atoms with Crippen molar-refractivity contribution in [2.75, 3.05) is 23.9 Å². The van der Waals surface area contributed by atoms with E-state index in [0.29, 0.717) is 23.0 Å². The Labute approximate surface area is 204 Å². The van der Waals surface area contributed by atoms with Crippen molar-refractivity contribution >= 4 is 48.8 Å². The van der Waals surface area contributed by atoms with Gasteiger partial charge in [0.2, 0.25) is 10.0 Å². The monoisotopic (exact) mass is 547 g/mol. The second-order valence-corrected chi connectivity index (χ2v) is 10.8. The number of anilines is 4. The van der Waals surface area contributed by atoms with Crippen molar-refractivity contribution < 1.29 is 39.9 Å². The third-order valence-electron chi connectivity index (χ3n) is 4.13. The summed E-state index contributed by atoms with van der Waals surface area (Å²) in [6.07, 6.45) is -2.61. The predicted octanol–water partition coefficient (Wildman–Crippen LogP) is 2.91. The summed E-state index contributed by atoms with van der Waals surface area (Å²) in [5.41, 5.74) is 1.09. The first-order valence-corrected chi connectivity index (χ1v) is 13.0. The van der Waals surface area contributed by atoms with Crippen molar-refractivity contribution in [3.8, 4) is 0 Å². The summed E-state index contributed by atoms with van der Waals surface area (Å²) in [6.45, 7) is 0. The molecule has 0 aliphatic carbocycles. The van der Waals surface area contributed by atoms with Gasteiger partial charge in [-0.1, -0.05) is 12.1 Å². The molecule has 4 N–H and O–H groups in total. The zero-order valence-electron chi connectivity index (χ0n) is 18.6. The standard InChI is InChI=1S/C18H19N5O4S2.C2HF3O2/c1-19-29(26,27)16-8-4-6-14(10-16)23-18-11-17(20-12-21-18)22-13-5-3-7-15(9-13)28(2,24)25;3-2(4,5)1(6)7/h3-12,19H,1-2H3,(H2,20,21,22,23);(H,6,7). The number of carbonyl (C=O) groups is 1. The zero-order chi connectivity index (χ0) is 27.1. The molecule has 0 atom stereocenters. The molecule has 1 heterocycles. The van der Waals surface area contributed by atoms with Gasteiger partial charge in [-0.05, 0) is 43.4 Å².